The van der Waals surface area contributed by atoms with Crippen LogP contribution in [0.2, 0.25) is 0 Å². The fraction of sp³-hybridized carbons (Fsp3) is 0.409. The fourth-order valence-corrected chi connectivity index (χ4v) is 6.56. The highest BCUT2D eigenvalue weighted by molar-refractivity contribution is 7.89. The number of benzene rings is 1. The standard InChI is InChI=1S/C22H26N2O5S2/c1-16-18-8-14-30-20(18)7-9-24(16)22(25)6-4-17-3-5-19(28-2)21(15-17)31(26,27)23-10-12-29-13-11-23/h3-6,8,14-16H,7,9-13H2,1-2H3/b6-4+. The molecular weight excluding hydrogens is 436 g/mol. The molecule has 4 rings (SSSR count). The van der Waals surface area contributed by atoms with Gasteiger partial charge in [-0.25, -0.2) is 8.42 Å². The van der Waals surface area contributed by atoms with Crippen LogP contribution in [-0.4, -0.2) is 63.5 Å². The molecule has 0 bridgehead atoms. The van der Waals surface area contributed by atoms with Gasteiger partial charge in [0, 0.05) is 30.6 Å². The van der Waals surface area contributed by atoms with Gasteiger partial charge in [-0.3, -0.25) is 4.79 Å². The number of hydrogen-bond acceptors (Lipinski definition) is 6. The molecule has 1 atom stereocenters. The molecule has 1 aromatic carbocycles. The van der Waals surface area contributed by atoms with E-state index in [1.165, 1.54) is 27.9 Å². The van der Waals surface area contributed by atoms with Gasteiger partial charge in [-0.1, -0.05) is 6.07 Å². The van der Waals surface area contributed by atoms with Crippen molar-refractivity contribution in [3.05, 3.63) is 51.7 Å². The number of fused-ring (bicyclic) bond motifs is 1. The molecule has 0 saturated carbocycles. The van der Waals surface area contributed by atoms with Gasteiger partial charge in [-0.2, -0.15) is 4.31 Å². The van der Waals surface area contributed by atoms with E-state index in [1.807, 2.05) is 11.8 Å². The van der Waals surface area contributed by atoms with E-state index in [0.29, 0.717) is 38.4 Å². The normalized spacial score (nSPS) is 20.1. The van der Waals surface area contributed by atoms with Crippen molar-refractivity contribution < 1.29 is 22.7 Å². The summed E-state index contributed by atoms with van der Waals surface area (Å²) in [5.74, 6) is 0.197. The highest BCUT2D eigenvalue weighted by Crippen LogP contribution is 2.33. The van der Waals surface area contributed by atoms with Crippen LogP contribution in [-0.2, 0) is 26.0 Å². The second-order valence-corrected chi connectivity index (χ2v) is 10.4. The summed E-state index contributed by atoms with van der Waals surface area (Å²) in [4.78, 5) is 16.1. The zero-order valence-electron chi connectivity index (χ0n) is 17.6. The van der Waals surface area contributed by atoms with Gasteiger partial charge in [0.2, 0.25) is 15.9 Å². The van der Waals surface area contributed by atoms with Crippen molar-refractivity contribution in [2.24, 2.45) is 0 Å². The van der Waals surface area contributed by atoms with Gasteiger partial charge < -0.3 is 14.4 Å². The second kappa shape index (κ2) is 9.12. The first-order valence-corrected chi connectivity index (χ1v) is 12.5. The zero-order chi connectivity index (χ0) is 22.0. The van der Waals surface area contributed by atoms with Crippen molar-refractivity contribution in [2.75, 3.05) is 40.0 Å². The van der Waals surface area contributed by atoms with Crippen LogP contribution in [0.3, 0.4) is 0 Å². The van der Waals surface area contributed by atoms with Gasteiger partial charge in [0.25, 0.3) is 0 Å². The van der Waals surface area contributed by atoms with E-state index in [9.17, 15) is 13.2 Å². The maximum atomic E-state index is 13.1. The van der Waals surface area contributed by atoms with Gasteiger partial charge in [-0.05, 0) is 54.1 Å². The summed E-state index contributed by atoms with van der Waals surface area (Å²) in [7, 11) is -2.27. The molecule has 1 unspecified atom stereocenters. The van der Waals surface area contributed by atoms with E-state index in [-0.39, 0.29) is 22.6 Å². The van der Waals surface area contributed by atoms with Gasteiger partial charge in [0.15, 0.2) is 0 Å². The average molecular weight is 463 g/mol. The van der Waals surface area contributed by atoms with E-state index >= 15 is 0 Å². The Labute approximate surface area is 186 Å². The third-order valence-electron chi connectivity index (χ3n) is 5.75. The van der Waals surface area contributed by atoms with E-state index in [2.05, 4.69) is 11.4 Å². The number of morpholine rings is 1. The molecule has 2 aliphatic rings. The van der Waals surface area contributed by atoms with Gasteiger partial charge in [0.1, 0.15) is 10.6 Å². The predicted octanol–water partition coefficient (Wildman–Crippen LogP) is 2.94. The van der Waals surface area contributed by atoms with E-state index in [1.54, 1.807) is 35.6 Å². The summed E-state index contributed by atoms with van der Waals surface area (Å²) in [6, 6.07) is 7.04. The average Bonchev–Trinajstić information content (AvgIpc) is 3.28. The molecule has 166 valence electrons. The first kappa shape index (κ1) is 22.0. The van der Waals surface area contributed by atoms with Crippen LogP contribution < -0.4 is 4.74 Å². The Morgan fingerprint density at radius 3 is 2.74 bits per heavy atom. The topological polar surface area (TPSA) is 76.2 Å². The third-order valence-corrected chi connectivity index (χ3v) is 8.67. The minimum atomic E-state index is -3.72. The van der Waals surface area contributed by atoms with Crippen LogP contribution in [0.4, 0.5) is 0 Å². The maximum absolute atomic E-state index is 13.1. The Kier molecular flexibility index (Phi) is 6.47. The Bertz CT molecular complexity index is 1090. The predicted molar refractivity (Wildman–Crippen MR) is 120 cm³/mol. The summed E-state index contributed by atoms with van der Waals surface area (Å²) in [5, 5.41) is 2.07. The molecule has 0 aliphatic carbocycles. The van der Waals surface area contributed by atoms with E-state index < -0.39 is 10.0 Å². The summed E-state index contributed by atoms with van der Waals surface area (Å²) >= 11 is 1.74. The number of carbonyl (C=O) groups excluding carboxylic acids is 1. The molecule has 2 aromatic rings. The number of thiophene rings is 1. The molecule has 0 N–H and O–H groups in total. The van der Waals surface area contributed by atoms with Gasteiger partial charge in [-0.15, -0.1) is 11.3 Å². The lowest BCUT2D eigenvalue weighted by Gasteiger charge is -2.32. The molecule has 0 spiro atoms. The van der Waals surface area contributed by atoms with Crippen molar-refractivity contribution in [1.82, 2.24) is 9.21 Å². The first-order chi connectivity index (χ1) is 14.9. The van der Waals surface area contributed by atoms with Crippen LogP contribution in [0.15, 0.2) is 40.6 Å². The molecule has 1 aromatic heterocycles. The Morgan fingerprint density at radius 1 is 1.23 bits per heavy atom. The molecule has 1 amide bonds. The first-order valence-electron chi connectivity index (χ1n) is 10.2. The monoisotopic (exact) mass is 462 g/mol. The number of nitrogens with zero attached hydrogens (tertiary/aromatic N) is 2. The zero-order valence-corrected chi connectivity index (χ0v) is 19.2. The largest absolute Gasteiger partial charge is 0.495 e. The number of sulfonamides is 1. The quantitative estimate of drug-likeness (QED) is 0.639. The van der Waals surface area contributed by atoms with E-state index in [4.69, 9.17) is 9.47 Å². The number of methoxy groups -OCH3 is 1. The number of rotatable bonds is 5. The van der Waals surface area contributed by atoms with Crippen molar-refractivity contribution >= 4 is 33.3 Å². The molecule has 1 fully saturated rings. The Balaban J connectivity index is 1.56. The molecule has 3 heterocycles. The highest BCUT2D eigenvalue weighted by Gasteiger charge is 2.30. The fourth-order valence-electron chi connectivity index (χ4n) is 4.00. The smallest absolute Gasteiger partial charge is 0.247 e. The van der Waals surface area contributed by atoms with Crippen molar-refractivity contribution in [2.45, 2.75) is 24.3 Å². The minimum Gasteiger partial charge on any atom is -0.495 e. The molecular formula is C22H26N2O5S2. The molecule has 31 heavy (non-hydrogen) atoms. The van der Waals surface area contributed by atoms with Crippen LogP contribution >= 0.6 is 11.3 Å². The third kappa shape index (κ3) is 4.41. The Hall–Kier alpha value is -2.20. The molecule has 0 radical (unpaired) electrons. The van der Waals surface area contributed by atoms with Crippen molar-refractivity contribution in [3.8, 4) is 5.75 Å². The highest BCUT2D eigenvalue weighted by atomic mass is 32.2. The molecule has 1 saturated heterocycles. The second-order valence-electron chi connectivity index (χ2n) is 7.52. The summed E-state index contributed by atoms with van der Waals surface area (Å²) in [5.41, 5.74) is 1.84. The maximum Gasteiger partial charge on any atom is 0.247 e. The molecule has 9 heteroatoms. The molecule has 7 nitrogen and oxygen atoms in total. The molecule has 2 aliphatic heterocycles. The van der Waals surface area contributed by atoms with Crippen molar-refractivity contribution in [1.29, 1.82) is 0 Å². The summed E-state index contributed by atoms with van der Waals surface area (Å²) < 4.78 is 38.2. The van der Waals surface area contributed by atoms with Crippen molar-refractivity contribution in [3.63, 3.8) is 0 Å². The van der Waals surface area contributed by atoms with Crippen LogP contribution in [0, 0.1) is 0 Å². The summed E-state index contributed by atoms with van der Waals surface area (Å²) in [6.07, 6.45) is 4.04. The Morgan fingerprint density at radius 2 is 2.00 bits per heavy atom. The van der Waals surface area contributed by atoms with Crippen LogP contribution in [0.25, 0.3) is 6.08 Å². The van der Waals surface area contributed by atoms with Gasteiger partial charge >= 0.3 is 0 Å². The minimum absolute atomic E-state index is 0.0280. The number of hydrogen-bond donors (Lipinski definition) is 0. The SMILES string of the molecule is COc1ccc(/C=C/C(=O)N2CCc3sccc3C2C)cc1S(=O)(=O)N1CCOCC1. The van der Waals surface area contributed by atoms with Crippen LogP contribution in [0.1, 0.15) is 29.0 Å². The summed E-state index contributed by atoms with van der Waals surface area (Å²) in [6.45, 7) is 4.07. The van der Waals surface area contributed by atoms with Gasteiger partial charge in [0.05, 0.1) is 26.4 Å². The number of ether oxygens (including phenoxy) is 2. The number of carbonyl (C=O) groups is 1. The lowest BCUT2D eigenvalue weighted by Crippen LogP contribution is -2.40. The number of amides is 1. The van der Waals surface area contributed by atoms with Crippen LogP contribution in [0.5, 0.6) is 5.75 Å². The lowest BCUT2D eigenvalue weighted by molar-refractivity contribution is -0.128. The lowest BCUT2D eigenvalue weighted by atomic mass is 10.0. The van der Waals surface area contributed by atoms with E-state index in [0.717, 1.165) is 6.42 Å².